The van der Waals surface area contributed by atoms with Crippen molar-refractivity contribution in [3.05, 3.63) is 58.7 Å². The molecule has 0 unspecified atom stereocenters. The Balaban J connectivity index is 1.88. The predicted octanol–water partition coefficient (Wildman–Crippen LogP) is 3.52. The summed E-state index contributed by atoms with van der Waals surface area (Å²) in [5, 5.41) is 24.3. The highest BCUT2D eigenvalue weighted by atomic mass is 35.5. The van der Waals surface area contributed by atoms with Crippen LogP contribution in [-0.4, -0.2) is 59.0 Å². The Morgan fingerprint density at radius 1 is 1.09 bits per heavy atom. The Morgan fingerprint density at radius 2 is 1.81 bits per heavy atom. The molecule has 9 heteroatoms. The molecule has 0 radical (unpaired) electrons. The summed E-state index contributed by atoms with van der Waals surface area (Å²) in [4.78, 5) is 31.7. The maximum absolute atomic E-state index is 12.6. The number of aromatic hydroxyl groups is 2. The first-order valence-corrected chi connectivity index (χ1v) is 10.7. The highest BCUT2D eigenvalue weighted by Gasteiger charge is 2.24. The first-order chi connectivity index (χ1) is 15.5. The molecule has 0 bridgehead atoms. The second-order valence-electron chi connectivity index (χ2n) is 7.26. The van der Waals surface area contributed by atoms with Gasteiger partial charge in [-0.15, -0.1) is 0 Å². The number of carbonyl (C=O) groups excluding carboxylic acids is 2. The van der Waals surface area contributed by atoms with Gasteiger partial charge in [0.2, 0.25) is 0 Å². The van der Waals surface area contributed by atoms with Crippen LogP contribution in [0.5, 0.6) is 11.5 Å². The summed E-state index contributed by atoms with van der Waals surface area (Å²) < 4.78 is 5.26. The zero-order valence-corrected chi connectivity index (χ0v) is 18.3. The normalized spacial score (nSPS) is 20.3. The molecule has 0 aromatic heterocycles. The van der Waals surface area contributed by atoms with E-state index in [-0.39, 0.29) is 47.4 Å². The number of hydrogen-bond donors (Lipinski definition) is 2. The molecule has 1 aromatic rings. The lowest BCUT2D eigenvalue weighted by molar-refractivity contribution is -0.134. The smallest absolute Gasteiger partial charge is 0.342 e. The zero-order chi connectivity index (χ0) is 22.9. The van der Waals surface area contributed by atoms with Crippen molar-refractivity contribution in [1.82, 2.24) is 4.90 Å². The van der Waals surface area contributed by atoms with Crippen LogP contribution < -0.4 is 0 Å². The molecule has 2 N–H and O–H groups in total. The monoisotopic (exact) mass is 460 g/mol. The van der Waals surface area contributed by atoms with E-state index < -0.39 is 11.7 Å². The molecular formula is C23H25ClN2O6. The van der Waals surface area contributed by atoms with Gasteiger partial charge < -0.3 is 24.7 Å². The Morgan fingerprint density at radius 3 is 2.59 bits per heavy atom. The second kappa shape index (κ2) is 11.4. The number of fused-ring (bicyclic) bond motifs is 1. The second-order valence-corrected chi connectivity index (χ2v) is 7.64. The minimum Gasteiger partial charge on any atom is -0.507 e. The first kappa shape index (κ1) is 23.4. The van der Waals surface area contributed by atoms with Crippen LogP contribution in [0.3, 0.4) is 0 Å². The quantitative estimate of drug-likeness (QED) is 0.406. The number of amides is 1. The van der Waals surface area contributed by atoms with Gasteiger partial charge in [0.05, 0.1) is 17.3 Å². The fraction of sp³-hybridized carbons (Fsp3) is 0.348. The lowest BCUT2D eigenvalue weighted by atomic mass is 9.99. The number of oxime groups is 1. The number of ether oxygens (including phenoxy) is 1. The number of halogens is 1. The summed E-state index contributed by atoms with van der Waals surface area (Å²) in [6.07, 6.45) is 13.3. The van der Waals surface area contributed by atoms with E-state index in [1.54, 1.807) is 11.0 Å². The molecule has 3 rings (SSSR count). The summed E-state index contributed by atoms with van der Waals surface area (Å²) in [7, 11) is 0. The first-order valence-electron chi connectivity index (χ1n) is 10.3. The lowest BCUT2D eigenvalue weighted by Gasteiger charge is -2.15. The topological polar surface area (TPSA) is 109 Å². The summed E-state index contributed by atoms with van der Waals surface area (Å²) >= 11 is 6.27. The Hall–Kier alpha value is -3.26. The van der Waals surface area contributed by atoms with E-state index >= 15 is 0 Å². The van der Waals surface area contributed by atoms with Crippen LogP contribution in [0.15, 0.2) is 47.7 Å². The maximum atomic E-state index is 12.6. The summed E-state index contributed by atoms with van der Waals surface area (Å²) in [6.45, 7) is 0.974. The number of benzene rings is 1. The van der Waals surface area contributed by atoms with E-state index in [4.69, 9.17) is 21.2 Å². The van der Waals surface area contributed by atoms with Crippen LogP contribution >= 0.6 is 11.6 Å². The van der Waals surface area contributed by atoms with Gasteiger partial charge >= 0.3 is 5.97 Å². The molecule has 1 amide bonds. The van der Waals surface area contributed by atoms with Gasteiger partial charge in [-0.1, -0.05) is 47.1 Å². The van der Waals surface area contributed by atoms with Crippen LogP contribution in [0, 0.1) is 0 Å². The highest BCUT2D eigenvalue weighted by Crippen LogP contribution is 2.37. The number of esters is 1. The molecule has 0 aliphatic carbocycles. The van der Waals surface area contributed by atoms with Crippen LogP contribution in [-0.2, 0) is 20.8 Å². The third kappa shape index (κ3) is 6.13. The average Bonchev–Trinajstić information content (AvgIpc) is 3.30. The van der Waals surface area contributed by atoms with Gasteiger partial charge in [-0.3, -0.25) is 4.79 Å². The fourth-order valence-electron chi connectivity index (χ4n) is 3.26. The van der Waals surface area contributed by atoms with Crippen molar-refractivity contribution in [2.75, 3.05) is 26.3 Å². The van der Waals surface area contributed by atoms with Gasteiger partial charge in [0.15, 0.2) is 6.61 Å². The Kier molecular flexibility index (Phi) is 8.33. The third-order valence-corrected chi connectivity index (χ3v) is 5.34. The van der Waals surface area contributed by atoms with Gasteiger partial charge in [0, 0.05) is 25.6 Å². The fourth-order valence-corrected chi connectivity index (χ4v) is 3.48. The molecule has 1 aromatic carbocycles. The number of hydrogen-bond acceptors (Lipinski definition) is 7. The van der Waals surface area contributed by atoms with E-state index in [1.165, 1.54) is 0 Å². The van der Waals surface area contributed by atoms with Gasteiger partial charge in [-0.2, -0.15) is 0 Å². The third-order valence-electron chi connectivity index (χ3n) is 4.92. The van der Waals surface area contributed by atoms with Gasteiger partial charge in [0.1, 0.15) is 17.1 Å². The molecule has 2 aliphatic heterocycles. The predicted molar refractivity (Wildman–Crippen MR) is 120 cm³/mol. The number of cyclic esters (lactones) is 1. The van der Waals surface area contributed by atoms with Crippen LogP contribution in [0.2, 0.25) is 5.02 Å². The SMILES string of the molecule is O=C1OCC/C=C/CC/C=C/C(=N\OCC(=O)N2CC=CC2)Cc2c(Cl)c(O)cc(O)c21. The molecule has 2 heterocycles. The van der Waals surface area contributed by atoms with E-state index in [9.17, 15) is 19.8 Å². The molecule has 0 spiro atoms. The van der Waals surface area contributed by atoms with Crippen molar-refractivity contribution in [3.8, 4) is 11.5 Å². The lowest BCUT2D eigenvalue weighted by Crippen LogP contribution is -2.31. The number of allylic oxidation sites excluding steroid dienone is 3. The standard InChI is InChI=1S/C23H25ClN2O6/c24-22-17-13-16(25-32-15-20(29)26-10-6-7-11-26)9-5-3-1-2-4-8-12-31-23(30)21(17)18(27)14-19(22)28/h2,4-7,9,14,27-28H,1,3,8,10-13,15H2/b4-2+,9-5+,25-16+. The molecule has 0 atom stereocenters. The van der Waals surface area contributed by atoms with Crippen LogP contribution in [0.1, 0.15) is 35.2 Å². The molecule has 0 fully saturated rings. The minimum absolute atomic E-state index is 0.0307. The molecule has 8 nitrogen and oxygen atoms in total. The van der Waals surface area contributed by atoms with E-state index in [2.05, 4.69) is 5.16 Å². The summed E-state index contributed by atoms with van der Waals surface area (Å²) in [5.41, 5.74) is 0.373. The van der Waals surface area contributed by atoms with Crippen LogP contribution in [0.25, 0.3) is 0 Å². The largest absolute Gasteiger partial charge is 0.507 e. The maximum Gasteiger partial charge on any atom is 0.342 e. The van der Waals surface area contributed by atoms with E-state index in [1.807, 2.05) is 30.4 Å². The number of carbonyl (C=O) groups is 2. The van der Waals surface area contributed by atoms with E-state index in [0.717, 1.165) is 18.9 Å². The number of nitrogens with zero attached hydrogens (tertiary/aromatic N) is 2. The Labute approximate surface area is 191 Å². The molecule has 32 heavy (non-hydrogen) atoms. The minimum atomic E-state index is -0.759. The molecule has 0 saturated heterocycles. The molecular weight excluding hydrogens is 436 g/mol. The highest BCUT2D eigenvalue weighted by molar-refractivity contribution is 6.33. The average molecular weight is 461 g/mol. The van der Waals surface area contributed by atoms with Gasteiger partial charge in [-0.25, -0.2) is 4.79 Å². The van der Waals surface area contributed by atoms with Crippen molar-refractivity contribution in [3.63, 3.8) is 0 Å². The Bertz CT molecular complexity index is 975. The number of phenolic OH excluding ortho intramolecular Hbond substituents is 2. The van der Waals surface area contributed by atoms with Crippen molar-refractivity contribution >= 4 is 29.2 Å². The zero-order valence-electron chi connectivity index (χ0n) is 17.5. The molecule has 0 saturated carbocycles. The van der Waals surface area contributed by atoms with Crippen molar-refractivity contribution in [2.24, 2.45) is 5.16 Å². The molecule has 170 valence electrons. The van der Waals surface area contributed by atoms with Crippen molar-refractivity contribution < 1.29 is 29.4 Å². The molecule has 2 aliphatic rings. The van der Waals surface area contributed by atoms with Gasteiger partial charge in [0.25, 0.3) is 5.91 Å². The van der Waals surface area contributed by atoms with Crippen molar-refractivity contribution in [2.45, 2.75) is 25.7 Å². The summed E-state index contributed by atoms with van der Waals surface area (Å²) in [5.74, 6) is -1.78. The number of rotatable bonds is 3. The van der Waals surface area contributed by atoms with E-state index in [0.29, 0.717) is 25.2 Å². The van der Waals surface area contributed by atoms with Crippen molar-refractivity contribution in [1.29, 1.82) is 0 Å². The van der Waals surface area contributed by atoms with Crippen LogP contribution in [0.4, 0.5) is 0 Å². The van der Waals surface area contributed by atoms with Gasteiger partial charge in [-0.05, 0) is 30.9 Å². The number of phenols is 2. The summed E-state index contributed by atoms with van der Waals surface area (Å²) in [6, 6.07) is 0.997.